The lowest BCUT2D eigenvalue weighted by molar-refractivity contribution is -0.159. The first-order valence-electron chi connectivity index (χ1n) is 14.4. The van der Waals surface area contributed by atoms with Crippen LogP contribution in [0.4, 0.5) is 0 Å². The van der Waals surface area contributed by atoms with E-state index in [0.29, 0.717) is 31.4 Å². The van der Waals surface area contributed by atoms with Crippen molar-refractivity contribution >= 4 is 28.7 Å². The largest absolute Gasteiger partial charge is 0.458 e. The van der Waals surface area contributed by atoms with Gasteiger partial charge in [0.25, 0.3) is 5.91 Å². The topological polar surface area (TPSA) is 126 Å². The van der Waals surface area contributed by atoms with E-state index >= 15 is 0 Å². The average Bonchev–Trinajstić information content (AvgIpc) is 3.38. The molecule has 5 N–H and O–H groups in total. The van der Waals surface area contributed by atoms with Crippen LogP contribution in [0.2, 0.25) is 0 Å². The molecule has 1 heterocycles. The number of rotatable bonds is 12. The highest BCUT2D eigenvalue weighted by atomic mass is 16.6. The monoisotopic (exact) mass is 568 g/mol. The number of esters is 1. The van der Waals surface area contributed by atoms with Crippen LogP contribution in [0.3, 0.4) is 0 Å². The van der Waals surface area contributed by atoms with Crippen LogP contribution in [0.5, 0.6) is 0 Å². The van der Waals surface area contributed by atoms with Crippen molar-refractivity contribution in [1.82, 2.24) is 15.6 Å². The average molecular weight is 569 g/mol. The number of benzene rings is 3. The van der Waals surface area contributed by atoms with Crippen molar-refractivity contribution in [2.75, 3.05) is 6.54 Å². The molecule has 0 aliphatic rings. The number of amides is 2. The van der Waals surface area contributed by atoms with Crippen LogP contribution in [0.1, 0.15) is 56.0 Å². The number of ether oxygens (including phenoxy) is 1. The third-order valence-electron chi connectivity index (χ3n) is 6.93. The standard InChI is InChI=1S/C34H40N4O4/c1-34(2,3)42-33(41)29(15-9-10-20-35)37-32(40)30(21-26-22-36-28-14-8-7-13-27(26)28)38-31(39)25-18-16-24(17-19-25)23-11-5-4-6-12-23/h4-8,11-14,16-19,22,29-30,36H,9-10,15,20-21,35H2,1-3H3,(H,37,40)(H,38,39)/t29-,30-/m0/s1. The highest BCUT2D eigenvalue weighted by molar-refractivity contribution is 5.99. The van der Waals surface area contributed by atoms with E-state index in [4.69, 9.17) is 10.5 Å². The Balaban J connectivity index is 1.56. The summed E-state index contributed by atoms with van der Waals surface area (Å²) in [5, 5.41) is 6.75. The first kappa shape index (κ1) is 30.5. The molecule has 0 aliphatic carbocycles. The van der Waals surface area contributed by atoms with Gasteiger partial charge in [-0.05, 0) is 81.5 Å². The third-order valence-corrected chi connectivity index (χ3v) is 6.93. The molecule has 0 bridgehead atoms. The number of unbranched alkanes of at least 4 members (excludes halogenated alkanes) is 1. The maximum absolute atomic E-state index is 13.8. The van der Waals surface area contributed by atoms with Crippen LogP contribution in [0, 0.1) is 0 Å². The number of nitrogens with one attached hydrogen (secondary N) is 3. The molecule has 2 atom stereocenters. The minimum Gasteiger partial charge on any atom is -0.458 e. The zero-order valence-electron chi connectivity index (χ0n) is 24.5. The Morgan fingerprint density at radius 2 is 1.50 bits per heavy atom. The molecule has 0 fully saturated rings. The second kappa shape index (κ2) is 14.0. The van der Waals surface area contributed by atoms with E-state index in [-0.39, 0.29) is 12.3 Å². The molecule has 4 rings (SSSR count). The van der Waals surface area contributed by atoms with Gasteiger partial charge in [0.15, 0.2) is 0 Å². The third kappa shape index (κ3) is 8.30. The van der Waals surface area contributed by atoms with Gasteiger partial charge in [-0.25, -0.2) is 4.79 Å². The van der Waals surface area contributed by atoms with Gasteiger partial charge in [0.2, 0.25) is 5.91 Å². The number of hydrogen-bond donors (Lipinski definition) is 4. The van der Waals surface area contributed by atoms with Crippen molar-refractivity contribution in [1.29, 1.82) is 0 Å². The summed E-state index contributed by atoms with van der Waals surface area (Å²) in [5.74, 6) is -1.36. The van der Waals surface area contributed by atoms with Gasteiger partial charge >= 0.3 is 5.97 Å². The number of H-pyrrole nitrogens is 1. The predicted molar refractivity (Wildman–Crippen MR) is 166 cm³/mol. The summed E-state index contributed by atoms with van der Waals surface area (Å²) in [4.78, 5) is 43.4. The van der Waals surface area contributed by atoms with Gasteiger partial charge in [0.05, 0.1) is 0 Å². The number of aromatic nitrogens is 1. The Labute approximate surface area is 247 Å². The van der Waals surface area contributed by atoms with Crippen LogP contribution >= 0.6 is 0 Å². The Hall–Kier alpha value is -4.43. The van der Waals surface area contributed by atoms with E-state index in [1.165, 1.54) is 0 Å². The van der Waals surface area contributed by atoms with Crippen LogP contribution < -0.4 is 16.4 Å². The zero-order valence-corrected chi connectivity index (χ0v) is 24.5. The second-order valence-electron chi connectivity index (χ2n) is 11.4. The molecule has 0 saturated carbocycles. The number of aromatic amines is 1. The predicted octanol–water partition coefficient (Wildman–Crippen LogP) is 5.13. The Bertz CT molecular complexity index is 1490. The van der Waals surface area contributed by atoms with Gasteiger partial charge in [-0.3, -0.25) is 9.59 Å². The molecule has 0 saturated heterocycles. The SMILES string of the molecule is CC(C)(C)OC(=O)[C@H](CCCCN)NC(=O)[C@H](Cc1c[nH]c2ccccc12)NC(=O)c1ccc(-c2ccccc2)cc1. The van der Waals surface area contributed by atoms with E-state index < -0.39 is 29.6 Å². The molecule has 0 spiro atoms. The summed E-state index contributed by atoms with van der Waals surface area (Å²) in [6.45, 7) is 5.84. The van der Waals surface area contributed by atoms with Crippen molar-refractivity contribution < 1.29 is 19.1 Å². The molecule has 8 heteroatoms. The summed E-state index contributed by atoms with van der Waals surface area (Å²) in [7, 11) is 0. The Kier molecular flexibility index (Phi) is 10.1. The number of hydrogen-bond acceptors (Lipinski definition) is 5. The number of para-hydroxylation sites is 1. The highest BCUT2D eigenvalue weighted by Crippen LogP contribution is 2.21. The minimum absolute atomic E-state index is 0.230. The van der Waals surface area contributed by atoms with Crippen molar-refractivity contribution in [2.45, 2.75) is 64.1 Å². The molecule has 3 aromatic carbocycles. The smallest absolute Gasteiger partial charge is 0.329 e. The van der Waals surface area contributed by atoms with E-state index in [1.807, 2.05) is 72.9 Å². The number of fused-ring (bicyclic) bond motifs is 1. The van der Waals surface area contributed by atoms with E-state index in [1.54, 1.807) is 32.9 Å². The lowest BCUT2D eigenvalue weighted by atomic mass is 10.0. The highest BCUT2D eigenvalue weighted by Gasteiger charge is 2.30. The van der Waals surface area contributed by atoms with Gasteiger partial charge in [0, 0.05) is 29.1 Å². The molecular weight excluding hydrogens is 528 g/mol. The lowest BCUT2D eigenvalue weighted by Crippen LogP contribution is -2.53. The van der Waals surface area contributed by atoms with Gasteiger partial charge in [-0.15, -0.1) is 0 Å². The molecule has 2 amide bonds. The number of carbonyl (C=O) groups is 3. The fourth-order valence-electron chi connectivity index (χ4n) is 4.80. The van der Waals surface area contributed by atoms with E-state index in [0.717, 1.165) is 27.6 Å². The first-order valence-corrected chi connectivity index (χ1v) is 14.4. The molecule has 220 valence electrons. The van der Waals surface area contributed by atoms with Crippen molar-refractivity contribution in [3.8, 4) is 11.1 Å². The van der Waals surface area contributed by atoms with Gasteiger partial charge < -0.3 is 26.1 Å². The van der Waals surface area contributed by atoms with Crippen LogP contribution in [-0.2, 0) is 20.7 Å². The van der Waals surface area contributed by atoms with Crippen LogP contribution in [0.25, 0.3) is 22.0 Å². The quantitative estimate of drug-likeness (QED) is 0.139. The maximum Gasteiger partial charge on any atom is 0.329 e. The van der Waals surface area contributed by atoms with Gasteiger partial charge in [-0.1, -0.05) is 60.7 Å². The molecule has 1 aromatic heterocycles. The van der Waals surface area contributed by atoms with Crippen molar-refractivity contribution in [3.05, 3.63) is 96.2 Å². The lowest BCUT2D eigenvalue weighted by Gasteiger charge is -2.26. The zero-order chi connectivity index (χ0) is 30.1. The number of carbonyl (C=O) groups excluding carboxylic acids is 3. The summed E-state index contributed by atoms with van der Waals surface area (Å²) in [6, 6.07) is 23.1. The molecule has 0 radical (unpaired) electrons. The van der Waals surface area contributed by atoms with Gasteiger partial charge in [-0.2, -0.15) is 0 Å². The maximum atomic E-state index is 13.8. The Morgan fingerprint density at radius 1 is 0.833 bits per heavy atom. The van der Waals surface area contributed by atoms with E-state index in [9.17, 15) is 14.4 Å². The second-order valence-corrected chi connectivity index (χ2v) is 11.4. The number of nitrogens with two attached hydrogens (primary N) is 1. The summed E-state index contributed by atoms with van der Waals surface area (Å²) in [5.41, 5.74) is 9.22. The van der Waals surface area contributed by atoms with Crippen molar-refractivity contribution in [3.63, 3.8) is 0 Å². The Morgan fingerprint density at radius 3 is 2.19 bits per heavy atom. The van der Waals surface area contributed by atoms with Crippen LogP contribution in [-0.4, -0.2) is 47.0 Å². The summed E-state index contributed by atoms with van der Waals surface area (Å²) < 4.78 is 5.60. The molecule has 42 heavy (non-hydrogen) atoms. The normalized spacial score (nSPS) is 12.9. The molecule has 0 unspecified atom stereocenters. The van der Waals surface area contributed by atoms with Gasteiger partial charge in [0.1, 0.15) is 17.7 Å². The molecule has 8 nitrogen and oxygen atoms in total. The van der Waals surface area contributed by atoms with E-state index in [2.05, 4.69) is 15.6 Å². The molecular formula is C34H40N4O4. The fraction of sp³-hybridized carbons (Fsp3) is 0.324. The molecule has 4 aromatic rings. The van der Waals surface area contributed by atoms with Crippen molar-refractivity contribution in [2.24, 2.45) is 5.73 Å². The molecule has 0 aliphatic heterocycles. The summed E-state index contributed by atoms with van der Waals surface area (Å²) >= 11 is 0. The van der Waals surface area contributed by atoms with Crippen LogP contribution in [0.15, 0.2) is 85.1 Å². The summed E-state index contributed by atoms with van der Waals surface area (Å²) in [6.07, 6.45) is 3.82. The fourth-order valence-corrected chi connectivity index (χ4v) is 4.80. The first-order chi connectivity index (χ1) is 20.1. The minimum atomic E-state index is -0.940.